The van der Waals surface area contributed by atoms with Crippen LogP contribution in [0.25, 0.3) is 22.3 Å². The largest absolute Gasteiger partial charge is 0.477 e. The first kappa shape index (κ1) is 28.6. The zero-order chi connectivity index (χ0) is 29.5. The van der Waals surface area contributed by atoms with Crippen molar-refractivity contribution in [2.24, 2.45) is 0 Å². The minimum Gasteiger partial charge on any atom is -0.477 e. The highest BCUT2D eigenvalue weighted by molar-refractivity contribution is 7.71. The molecule has 0 radical (unpaired) electrons. The number of aromatic nitrogens is 4. The Hall–Kier alpha value is -3.54. The van der Waals surface area contributed by atoms with Crippen LogP contribution in [0.2, 0.25) is 5.02 Å². The SMILES string of the molecule is CCCCn1c(-c2cccc(Cl)c2)nn(CN2CCN(c3cc4c(cc3F)c(=O)c(C(=O)O)cn4C3CC3)CC2)c1=S. The van der Waals surface area contributed by atoms with Gasteiger partial charge in [0.05, 0.1) is 17.9 Å². The van der Waals surface area contributed by atoms with Crippen molar-refractivity contribution in [2.75, 3.05) is 31.1 Å². The Morgan fingerprint density at radius 1 is 1.17 bits per heavy atom. The molecule has 2 aromatic carbocycles. The van der Waals surface area contributed by atoms with Gasteiger partial charge >= 0.3 is 5.97 Å². The third-order valence-corrected chi connectivity index (χ3v) is 8.73. The number of carboxylic acids is 1. The molecule has 42 heavy (non-hydrogen) atoms. The van der Waals surface area contributed by atoms with Crippen LogP contribution in [-0.4, -0.2) is 61.1 Å². The fourth-order valence-electron chi connectivity index (χ4n) is 5.62. The number of fused-ring (bicyclic) bond motifs is 1. The van der Waals surface area contributed by atoms with Gasteiger partial charge in [0, 0.05) is 60.9 Å². The van der Waals surface area contributed by atoms with Gasteiger partial charge in [-0.15, -0.1) is 0 Å². The molecule has 220 valence electrons. The molecule has 0 spiro atoms. The summed E-state index contributed by atoms with van der Waals surface area (Å²) >= 11 is 12.1. The van der Waals surface area contributed by atoms with Gasteiger partial charge in [0.15, 0.2) is 10.6 Å². The van der Waals surface area contributed by atoms with Gasteiger partial charge in [-0.3, -0.25) is 14.3 Å². The van der Waals surface area contributed by atoms with Gasteiger partial charge in [-0.1, -0.05) is 37.1 Å². The number of hydrogen-bond acceptors (Lipinski definition) is 6. The lowest BCUT2D eigenvalue weighted by Gasteiger charge is -2.36. The van der Waals surface area contributed by atoms with E-state index in [0.717, 1.165) is 43.6 Å². The summed E-state index contributed by atoms with van der Waals surface area (Å²) in [5, 5.41) is 15.1. The number of anilines is 1. The Morgan fingerprint density at radius 3 is 2.60 bits per heavy atom. The van der Waals surface area contributed by atoms with Crippen molar-refractivity contribution in [3.63, 3.8) is 0 Å². The average Bonchev–Trinajstić information content (AvgIpc) is 3.77. The second-order valence-electron chi connectivity index (χ2n) is 11.0. The molecule has 2 aliphatic rings. The number of carbonyl (C=O) groups is 1. The number of piperazine rings is 1. The van der Waals surface area contributed by atoms with Crippen molar-refractivity contribution in [2.45, 2.75) is 51.9 Å². The summed E-state index contributed by atoms with van der Waals surface area (Å²) in [6.45, 7) is 5.92. The van der Waals surface area contributed by atoms with Crippen molar-refractivity contribution in [1.29, 1.82) is 0 Å². The predicted molar refractivity (Wildman–Crippen MR) is 164 cm³/mol. The molecule has 3 heterocycles. The van der Waals surface area contributed by atoms with Crippen LogP contribution < -0.4 is 10.3 Å². The van der Waals surface area contributed by atoms with E-state index in [0.29, 0.717) is 53.8 Å². The summed E-state index contributed by atoms with van der Waals surface area (Å²) in [4.78, 5) is 28.7. The normalized spacial score (nSPS) is 15.9. The number of benzene rings is 2. The third-order valence-electron chi connectivity index (χ3n) is 8.06. The van der Waals surface area contributed by atoms with E-state index < -0.39 is 17.2 Å². The molecule has 2 fully saturated rings. The van der Waals surface area contributed by atoms with Crippen LogP contribution in [0.3, 0.4) is 0 Å². The maximum Gasteiger partial charge on any atom is 0.341 e. The van der Waals surface area contributed by atoms with Gasteiger partial charge in [-0.2, -0.15) is 5.10 Å². The molecule has 6 rings (SSSR count). The first-order valence-corrected chi connectivity index (χ1v) is 15.1. The van der Waals surface area contributed by atoms with Gasteiger partial charge in [-0.05, 0) is 55.7 Å². The molecule has 12 heteroatoms. The lowest BCUT2D eigenvalue weighted by molar-refractivity contribution is 0.0695. The molecule has 1 saturated carbocycles. The number of aromatic carboxylic acids is 1. The average molecular weight is 611 g/mol. The number of unbranched alkanes of at least 4 members (excludes halogenated alkanes) is 1. The Kier molecular flexibility index (Phi) is 7.91. The van der Waals surface area contributed by atoms with Gasteiger partial charge in [-0.25, -0.2) is 13.9 Å². The summed E-state index contributed by atoms with van der Waals surface area (Å²) < 4.78 is 21.8. The Morgan fingerprint density at radius 2 is 1.93 bits per heavy atom. The number of hydrogen-bond donors (Lipinski definition) is 1. The van der Waals surface area contributed by atoms with Crippen LogP contribution in [0.4, 0.5) is 10.1 Å². The molecule has 1 aliphatic carbocycles. The minimum absolute atomic E-state index is 0.102. The molecule has 0 bridgehead atoms. The lowest BCUT2D eigenvalue weighted by Crippen LogP contribution is -2.47. The quantitative estimate of drug-likeness (QED) is 0.240. The van der Waals surface area contributed by atoms with Crippen LogP contribution in [0.1, 0.15) is 49.0 Å². The molecule has 1 N–H and O–H groups in total. The highest BCUT2D eigenvalue weighted by Gasteiger charge is 2.29. The third kappa shape index (κ3) is 5.48. The first-order chi connectivity index (χ1) is 20.2. The summed E-state index contributed by atoms with van der Waals surface area (Å²) in [5.41, 5.74) is 0.924. The topological polar surface area (TPSA) is 88.5 Å². The minimum atomic E-state index is -1.30. The summed E-state index contributed by atoms with van der Waals surface area (Å²) in [6, 6.07) is 10.7. The van der Waals surface area contributed by atoms with E-state index in [1.807, 2.05) is 38.4 Å². The van der Waals surface area contributed by atoms with Crippen LogP contribution in [0, 0.1) is 10.6 Å². The van der Waals surface area contributed by atoms with E-state index in [1.165, 1.54) is 12.3 Å². The maximum absolute atomic E-state index is 15.4. The number of pyridine rings is 1. The predicted octanol–water partition coefficient (Wildman–Crippen LogP) is 5.80. The Labute approximate surface area is 252 Å². The van der Waals surface area contributed by atoms with Gasteiger partial charge in [0.2, 0.25) is 5.43 Å². The molecular formula is C30H32ClFN6O3S. The van der Waals surface area contributed by atoms with Gasteiger partial charge < -0.3 is 14.6 Å². The summed E-state index contributed by atoms with van der Waals surface area (Å²) in [5.74, 6) is -1.03. The van der Waals surface area contributed by atoms with Crippen molar-refractivity contribution in [1.82, 2.24) is 23.8 Å². The van der Waals surface area contributed by atoms with E-state index in [4.69, 9.17) is 28.9 Å². The van der Waals surface area contributed by atoms with Crippen molar-refractivity contribution in [3.8, 4) is 11.4 Å². The molecule has 9 nitrogen and oxygen atoms in total. The summed E-state index contributed by atoms with van der Waals surface area (Å²) in [6.07, 6.45) is 5.23. The number of halogens is 2. The second-order valence-corrected chi connectivity index (χ2v) is 11.8. The zero-order valence-electron chi connectivity index (χ0n) is 23.3. The number of nitrogens with zero attached hydrogens (tertiary/aromatic N) is 6. The fraction of sp³-hybridized carbons (Fsp3) is 0.400. The van der Waals surface area contributed by atoms with Gasteiger partial charge in [0.1, 0.15) is 11.4 Å². The highest BCUT2D eigenvalue weighted by Crippen LogP contribution is 2.38. The molecule has 0 amide bonds. The van der Waals surface area contributed by atoms with E-state index in [-0.39, 0.29) is 17.0 Å². The summed E-state index contributed by atoms with van der Waals surface area (Å²) in [7, 11) is 0. The van der Waals surface area contributed by atoms with E-state index in [2.05, 4.69) is 16.4 Å². The number of carboxylic acid groups (broad SMARTS) is 1. The molecular weight excluding hydrogens is 579 g/mol. The second kappa shape index (κ2) is 11.6. The number of rotatable bonds is 9. The van der Waals surface area contributed by atoms with Crippen molar-refractivity contribution >= 4 is 46.4 Å². The van der Waals surface area contributed by atoms with E-state index in [1.54, 1.807) is 6.07 Å². The Bertz CT molecular complexity index is 1790. The fourth-order valence-corrected chi connectivity index (χ4v) is 6.09. The van der Waals surface area contributed by atoms with Crippen LogP contribution >= 0.6 is 23.8 Å². The van der Waals surface area contributed by atoms with E-state index in [9.17, 15) is 14.7 Å². The molecule has 1 saturated heterocycles. The zero-order valence-corrected chi connectivity index (χ0v) is 24.9. The molecule has 2 aromatic heterocycles. The van der Waals surface area contributed by atoms with Gasteiger partial charge in [0.25, 0.3) is 0 Å². The van der Waals surface area contributed by atoms with Crippen LogP contribution in [-0.2, 0) is 13.2 Å². The Balaban J connectivity index is 1.23. The van der Waals surface area contributed by atoms with Crippen LogP contribution in [0.5, 0.6) is 0 Å². The molecule has 4 aromatic rings. The molecule has 0 atom stereocenters. The molecule has 0 unspecified atom stereocenters. The van der Waals surface area contributed by atoms with Crippen molar-refractivity contribution in [3.05, 3.63) is 74.0 Å². The van der Waals surface area contributed by atoms with Crippen LogP contribution in [0.15, 0.2) is 47.4 Å². The van der Waals surface area contributed by atoms with Crippen molar-refractivity contribution < 1.29 is 14.3 Å². The van der Waals surface area contributed by atoms with E-state index >= 15 is 4.39 Å². The monoisotopic (exact) mass is 610 g/mol. The first-order valence-electron chi connectivity index (χ1n) is 14.3. The lowest BCUT2D eigenvalue weighted by atomic mass is 10.1. The highest BCUT2D eigenvalue weighted by atomic mass is 35.5. The standard InChI is InChI=1S/C30H32ClFN6O3S/c1-2-3-9-36-28(19-5-4-6-20(31)14-19)33-38(30(36)42)18-34-10-12-35(13-11-34)26-16-25-22(15-24(26)32)27(39)23(29(40)41)17-37(25)21-7-8-21/h4-6,14-17,21H,2-3,7-13,18H2,1H3,(H,40,41). The smallest absolute Gasteiger partial charge is 0.341 e. The molecule has 1 aliphatic heterocycles. The maximum atomic E-state index is 15.4.